The van der Waals surface area contributed by atoms with E-state index in [1.54, 1.807) is 0 Å². The second kappa shape index (κ2) is 6.65. The van der Waals surface area contributed by atoms with Gasteiger partial charge in [0.15, 0.2) is 0 Å². The molecule has 2 rings (SSSR count). The third kappa shape index (κ3) is 3.77. The van der Waals surface area contributed by atoms with Gasteiger partial charge in [0, 0.05) is 32.8 Å². The maximum Gasteiger partial charge on any atom is 0.131 e. The van der Waals surface area contributed by atoms with Gasteiger partial charge in [0.05, 0.1) is 6.10 Å². The molecule has 0 spiro atoms. The zero-order chi connectivity index (χ0) is 14.7. The fraction of sp³-hybridized carbons (Fsp3) is 0.143. The highest BCUT2D eigenvalue weighted by molar-refractivity contribution is 9.11. The monoisotopic (exact) mass is 405 g/mol. The first-order valence-electron chi connectivity index (χ1n) is 5.79. The van der Waals surface area contributed by atoms with Crippen LogP contribution in [0.5, 0.6) is 0 Å². The molecule has 106 valence electrons. The normalized spacial score (nSPS) is 12.2. The van der Waals surface area contributed by atoms with Gasteiger partial charge in [0.2, 0.25) is 0 Å². The molecule has 1 unspecified atom stereocenters. The van der Waals surface area contributed by atoms with Crippen LogP contribution in [0.4, 0.5) is 14.5 Å². The summed E-state index contributed by atoms with van der Waals surface area (Å²) < 4.78 is 28.1. The molecule has 2 aromatic carbocycles. The Labute approximate surface area is 132 Å². The molecule has 6 heteroatoms. The van der Waals surface area contributed by atoms with Gasteiger partial charge < -0.3 is 10.4 Å². The number of rotatable bonds is 4. The molecule has 20 heavy (non-hydrogen) atoms. The van der Waals surface area contributed by atoms with Gasteiger partial charge in [0.1, 0.15) is 11.6 Å². The SMILES string of the molecule is OC(CNc1ccc(Br)cc1Br)c1ccc(F)cc1F. The first-order chi connectivity index (χ1) is 9.47. The summed E-state index contributed by atoms with van der Waals surface area (Å²) in [4.78, 5) is 0. The van der Waals surface area contributed by atoms with Crippen LogP contribution in [-0.4, -0.2) is 11.7 Å². The van der Waals surface area contributed by atoms with Crippen molar-refractivity contribution in [3.63, 3.8) is 0 Å². The Hall–Kier alpha value is -0.980. The molecular formula is C14H11Br2F2NO. The van der Waals surface area contributed by atoms with Gasteiger partial charge in [-0.1, -0.05) is 22.0 Å². The topological polar surface area (TPSA) is 32.3 Å². The number of halogens is 4. The molecule has 0 heterocycles. The van der Waals surface area contributed by atoms with Crippen LogP contribution in [0, 0.1) is 11.6 Å². The Bertz CT molecular complexity index is 622. The summed E-state index contributed by atoms with van der Waals surface area (Å²) in [6.07, 6.45) is -1.06. The van der Waals surface area contributed by atoms with Gasteiger partial charge >= 0.3 is 0 Å². The summed E-state index contributed by atoms with van der Waals surface area (Å²) in [5.41, 5.74) is 0.835. The largest absolute Gasteiger partial charge is 0.386 e. The molecule has 0 aliphatic carbocycles. The van der Waals surface area contributed by atoms with E-state index in [0.29, 0.717) is 0 Å². The van der Waals surface area contributed by atoms with Gasteiger partial charge in [-0.25, -0.2) is 8.78 Å². The summed E-state index contributed by atoms with van der Waals surface area (Å²) in [6, 6.07) is 8.64. The molecule has 2 aromatic rings. The predicted octanol–water partition coefficient (Wildman–Crippen LogP) is 4.64. The van der Waals surface area contributed by atoms with E-state index in [4.69, 9.17) is 0 Å². The van der Waals surface area contributed by atoms with Crippen LogP contribution in [0.2, 0.25) is 0 Å². The predicted molar refractivity (Wildman–Crippen MR) is 81.6 cm³/mol. The van der Waals surface area contributed by atoms with E-state index in [-0.39, 0.29) is 12.1 Å². The molecule has 0 amide bonds. The Morgan fingerprint density at radius 2 is 1.85 bits per heavy atom. The smallest absolute Gasteiger partial charge is 0.131 e. The van der Waals surface area contributed by atoms with E-state index < -0.39 is 17.7 Å². The molecule has 0 saturated carbocycles. The van der Waals surface area contributed by atoms with Crippen LogP contribution >= 0.6 is 31.9 Å². The van der Waals surface area contributed by atoms with Crippen LogP contribution in [0.15, 0.2) is 45.3 Å². The zero-order valence-electron chi connectivity index (χ0n) is 10.2. The van der Waals surface area contributed by atoms with Crippen LogP contribution in [0.3, 0.4) is 0 Å². The third-order valence-electron chi connectivity index (χ3n) is 2.74. The second-order valence-corrected chi connectivity index (χ2v) is 5.96. The van der Waals surface area contributed by atoms with Gasteiger partial charge in [0.25, 0.3) is 0 Å². The van der Waals surface area contributed by atoms with Crippen LogP contribution in [0.1, 0.15) is 11.7 Å². The number of benzene rings is 2. The van der Waals surface area contributed by atoms with E-state index in [1.807, 2.05) is 18.2 Å². The van der Waals surface area contributed by atoms with Crippen molar-refractivity contribution in [2.24, 2.45) is 0 Å². The minimum atomic E-state index is -1.06. The van der Waals surface area contributed by atoms with Crippen molar-refractivity contribution in [2.75, 3.05) is 11.9 Å². The first-order valence-corrected chi connectivity index (χ1v) is 7.38. The van der Waals surface area contributed by atoms with Crippen molar-refractivity contribution in [1.82, 2.24) is 0 Å². The molecule has 1 atom stereocenters. The average molecular weight is 407 g/mol. The summed E-state index contributed by atoms with van der Waals surface area (Å²) >= 11 is 6.72. The van der Waals surface area contributed by atoms with Gasteiger partial charge in [-0.15, -0.1) is 0 Å². The molecule has 0 aliphatic rings. The van der Waals surface area contributed by atoms with Crippen LogP contribution in [-0.2, 0) is 0 Å². The number of aliphatic hydroxyl groups is 1. The minimum absolute atomic E-state index is 0.0622. The lowest BCUT2D eigenvalue weighted by molar-refractivity contribution is 0.186. The molecular weight excluding hydrogens is 396 g/mol. The van der Waals surface area contributed by atoms with Crippen molar-refractivity contribution >= 4 is 37.5 Å². The maximum atomic E-state index is 13.5. The van der Waals surface area contributed by atoms with E-state index in [0.717, 1.165) is 26.8 Å². The lowest BCUT2D eigenvalue weighted by Crippen LogP contribution is -2.13. The van der Waals surface area contributed by atoms with Gasteiger partial charge in [-0.2, -0.15) is 0 Å². The minimum Gasteiger partial charge on any atom is -0.386 e. The number of aliphatic hydroxyl groups excluding tert-OH is 1. The molecule has 2 nitrogen and oxygen atoms in total. The fourth-order valence-electron chi connectivity index (χ4n) is 1.72. The van der Waals surface area contributed by atoms with Crippen molar-refractivity contribution in [3.05, 3.63) is 62.5 Å². The molecule has 0 aromatic heterocycles. The molecule has 0 radical (unpaired) electrons. The van der Waals surface area contributed by atoms with Gasteiger partial charge in [-0.3, -0.25) is 0 Å². The highest BCUT2D eigenvalue weighted by Crippen LogP contribution is 2.27. The third-order valence-corrected chi connectivity index (χ3v) is 3.89. The van der Waals surface area contributed by atoms with Crippen molar-refractivity contribution in [3.8, 4) is 0 Å². The van der Waals surface area contributed by atoms with E-state index >= 15 is 0 Å². The fourth-order valence-corrected chi connectivity index (χ4v) is 2.91. The summed E-state index contributed by atoms with van der Waals surface area (Å²) in [6.45, 7) is 0.114. The van der Waals surface area contributed by atoms with Crippen molar-refractivity contribution in [1.29, 1.82) is 0 Å². The average Bonchev–Trinajstić information content (AvgIpc) is 2.37. The molecule has 0 bridgehead atoms. The maximum absolute atomic E-state index is 13.5. The number of anilines is 1. The summed E-state index contributed by atoms with van der Waals surface area (Å²) in [5, 5.41) is 13.0. The quantitative estimate of drug-likeness (QED) is 0.775. The Balaban J connectivity index is 2.06. The second-order valence-electron chi connectivity index (χ2n) is 4.19. The Morgan fingerprint density at radius 3 is 2.50 bits per heavy atom. The van der Waals surface area contributed by atoms with Crippen molar-refractivity contribution in [2.45, 2.75) is 6.10 Å². The van der Waals surface area contributed by atoms with Gasteiger partial charge in [-0.05, 0) is 40.2 Å². The summed E-state index contributed by atoms with van der Waals surface area (Å²) in [5.74, 6) is -1.42. The van der Waals surface area contributed by atoms with E-state index in [2.05, 4.69) is 37.2 Å². The lowest BCUT2D eigenvalue weighted by Gasteiger charge is -2.15. The van der Waals surface area contributed by atoms with Crippen LogP contribution in [0.25, 0.3) is 0 Å². The van der Waals surface area contributed by atoms with Crippen LogP contribution < -0.4 is 5.32 Å². The first kappa shape index (κ1) is 15.4. The molecule has 2 N–H and O–H groups in total. The number of nitrogens with one attached hydrogen (secondary N) is 1. The molecule has 0 saturated heterocycles. The zero-order valence-corrected chi connectivity index (χ0v) is 13.4. The summed E-state index contributed by atoms with van der Waals surface area (Å²) in [7, 11) is 0. The highest BCUT2D eigenvalue weighted by Gasteiger charge is 2.13. The van der Waals surface area contributed by atoms with E-state index in [1.165, 1.54) is 6.07 Å². The highest BCUT2D eigenvalue weighted by atomic mass is 79.9. The Kier molecular flexibility index (Phi) is 5.12. The standard InChI is InChI=1S/C14H11Br2F2NO/c15-8-1-4-13(11(16)5-8)19-7-14(20)10-3-2-9(17)6-12(10)18/h1-6,14,19-20H,7H2. The molecule has 0 aliphatic heterocycles. The number of hydrogen-bond acceptors (Lipinski definition) is 2. The lowest BCUT2D eigenvalue weighted by atomic mass is 10.1. The molecule has 0 fully saturated rings. The van der Waals surface area contributed by atoms with Crippen molar-refractivity contribution < 1.29 is 13.9 Å². The number of hydrogen-bond donors (Lipinski definition) is 2. The Morgan fingerprint density at radius 1 is 1.10 bits per heavy atom. The van der Waals surface area contributed by atoms with E-state index in [9.17, 15) is 13.9 Å².